The lowest BCUT2D eigenvalue weighted by atomic mass is 10.1. The molecule has 2 amide bonds. The third-order valence-electron chi connectivity index (χ3n) is 3.05. The number of nitrogens with zero attached hydrogens (tertiary/aromatic N) is 1. The summed E-state index contributed by atoms with van der Waals surface area (Å²) in [6, 6.07) is 2.85. The van der Waals surface area contributed by atoms with E-state index in [0.29, 0.717) is 17.8 Å². The van der Waals surface area contributed by atoms with E-state index in [0.717, 1.165) is 6.42 Å². The van der Waals surface area contributed by atoms with Crippen molar-refractivity contribution in [3.05, 3.63) is 27.8 Å². The van der Waals surface area contributed by atoms with Crippen molar-refractivity contribution >= 4 is 28.9 Å². The largest absolute Gasteiger partial charge is 0.370 e. The van der Waals surface area contributed by atoms with E-state index < -0.39 is 4.92 Å². The van der Waals surface area contributed by atoms with Crippen LogP contribution in [-0.4, -0.2) is 29.8 Å². The van der Waals surface area contributed by atoms with Crippen molar-refractivity contribution in [1.82, 2.24) is 5.32 Å². The summed E-state index contributed by atoms with van der Waals surface area (Å²) < 4.78 is 0. The quantitative estimate of drug-likeness (QED) is 0.535. The lowest BCUT2D eigenvalue weighted by molar-refractivity contribution is -0.384. The summed E-state index contributed by atoms with van der Waals surface area (Å²) in [5.74, 6) is -0.437. The topological polar surface area (TPSA) is 113 Å². The van der Waals surface area contributed by atoms with Crippen LogP contribution < -0.4 is 16.0 Å². The van der Waals surface area contributed by atoms with Gasteiger partial charge in [0.2, 0.25) is 11.8 Å². The molecule has 0 fully saturated rings. The fourth-order valence-electron chi connectivity index (χ4n) is 2.06. The number of benzene rings is 1. The number of rotatable bonds is 6. The Bertz CT molecular complexity index is 600. The SMILES string of the molecule is CCCNC(=O)CNc1cc2c(cc1[N+](=O)[O-])CC(=O)N2. The van der Waals surface area contributed by atoms with Gasteiger partial charge in [0.15, 0.2) is 0 Å². The molecule has 1 heterocycles. The van der Waals surface area contributed by atoms with Gasteiger partial charge in [0.05, 0.1) is 17.9 Å². The first-order chi connectivity index (χ1) is 10.0. The zero-order valence-corrected chi connectivity index (χ0v) is 11.6. The van der Waals surface area contributed by atoms with E-state index in [1.165, 1.54) is 12.1 Å². The highest BCUT2D eigenvalue weighted by atomic mass is 16.6. The molecule has 8 nitrogen and oxygen atoms in total. The van der Waals surface area contributed by atoms with E-state index in [9.17, 15) is 19.7 Å². The van der Waals surface area contributed by atoms with Gasteiger partial charge >= 0.3 is 0 Å². The van der Waals surface area contributed by atoms with E-state index in [-0.39, 0.29) is 36.2 Å². The van der Waals surface area contributed by atoms with Crippen LogP contribution in [0.2, 0.25) is 0 Å². The van der Waals surface area contributed by atoms with Crippen LogP contribution in [0.15, 0.2) is 12.1 Å². The number of fused-ring (bicyclic) bond motifs is 1. The fraction of sp³-hybridized carbons (Fsp3) is 0.385. The average molecular weight is 292 g/mol. The van der Waals surface area contributed by atoms with Crippen molar-refractivity contribution in [1.29, 1.82) is 0 Å². The van der Waals surface area contributed by atoms with Gasteiger partial charge in [0.1, 0.15) is 5.69 Å². The highest BCUT2D eigenvalue weighted by Crippen LogP contribution is 2.34. The molecule has 21 heavy (non-hydrogen) atoms. The van der Waals surface area contributed by atoms with Crippen LogP contribution >= 0.6 is 0 Å². The summed E-state index contributed by atoms with van der Waals surface area (Å²) in [6.45, 7) is 2.43. The lowest BCUT2D eigenvalue weighted by Crippen LogP contribution is -2.30. The Kier molecular flexibility index (Phi) is 4.36. The summed E-state index contributed by atoms with van der Waals surface area (Å²) in [5, 5.41) is 19.1. The number of hydrogen-bond donors (Lipinski definition) is 3. The molecule has 2 rings (SSSR count). The Labute approximate surface area is 121 Å². The van der Waals surface area contributed by atoms with Crippen LogP contribution in [0, 0.1) is 10.1 Å². The van der Waals surface area contributed by atoms with Gasteiger partial charge in [0.25, 0.3) is 5.69 Å². The Morgan fingerprint density at radius 3 is 2.90 bits per heavy atom. The minimum absolute atomic E-state index is 0.0619. The van der Waals surface area contributed by atoms with Gasteiger partial charge in [0, 0.05) is 18.3 Å². The number of anilines is 2. The molecule has 0 radical (unpaired) electrons. The molecule has 8 heteroatoms. The van der Waals surface area contributed by atoms with Crippen LogP contribution in [0.4, 0.5) is 17.1 Å². The van der Waals surface area contributed by atoms with Gasteiger partial charge in [-0.25, -0.2) is 0 Å². The number of nitro groups is 1. The molecule has 0 saturated carbocycles. The first-order valence-corrected chi connectivity index (χ1v) is 6.63. The van der Waals surface area contributed by atoms with Crippen molar-refractivity contribution < 1.29 is 14.5 Å². The van der Waals surface area contributed by atoms with Crippen LogP contribution in [0.1, 0.15) is 18.9 Å². The monoisotopic (exact) mass is 292 g/mol. The minimum Gasteiger partial charge on any atom is -0.370 e. The molecule has 0 bridgehead atoms. The first-order valence-electron chi connectivity index (χ1n) is 6.63. The molecule has 0 spiro atoms. The zero-order valence-electron chi connectivity index (χ0n) is 11.6. The van der Waals surface area contributed by atoms with E-state index in [1.807, 2.05) is 6.92 Å². The Balaban J connectivity index is 2.15. The molecule has 0 aromatic heterocycles. The first kappa shape index (κ1) is 14.8. The van der Waals surface area contributed by atoms with E-state index in [4.69, 9.17) is 0 Å². The van der Waals surface area contributed by atoms with Gasteiger partial charge in [-0.15, -0.1) is 0 Å². The predicted octanol–water partition coefficient (Wildman–Crippen LogP) is 1.03. The fourth-order valence-corrected chi connectivity index (χ4v) is 2.06. The van der Waals surface area contributed by atoms with E-state index in [1.54, 1.807) is 0 Å². The Morgan fingerprint density at radius 1 is 1.48 bits per heavy atom. The van der Waals surface area contributed by atoms with Crippen LogP contribution in [0.3, 0.4) is 0 Å². The van der Waals surface area contributed by atoms with Crippen molar-refractivity contribution in [3.8, 4) is 0 Å². The van der Waals surface area contributed by atoms with Crippen LogP contribution in [0.5, 0.6) is 0 Å². The number of carbonyl (C=O) groups is 2. The van der Waals surface area contributed by atoms with Crippen LogP contribution in [0.25, 0.3) is 0 Å². The highest BCUT2D eigenvalue weighted by Gasteiger charge is 2.24. The Hall–Kier alpha value is -2.64. The molecular weight excluding hydrogens is 276 g/mol. The molecule has 1 aliphatic rings. The molecule has 0 unspecified atom stereocenters. The number of carbonyl (C=O) groups excluding carboxylic acids is 2. The smallest absolute Gasteiger partial charge is 0.292 e. The summed E-state index contributed by atoms with van der Waals surface area (Å²) >= 11 is 0. The number of nitro benzene ring substituents is 1. The minimum atomic E-state index is -0.532. The summed E-state index contributed by atoms with van der Waals surface area (Å²) in [4.78, 5) is 33.4. The number of amides is 2. The summed E-state index contributed by atoms with van der Waals surface area (Å²) in [6.07, 6.45) is 0.949. The molecule has 1 aromatic rings. The maximum atomic E-state index is 11.5. The third-order valence-corrected chi connectivity index (χ3v) is 3.05. The molecule has 1 aliphatic heterocycles. The summed E-state index contributed by atoms with van der Waals surface area (Å²) in [5.41, 5.74) is 1.20. The maximum Gasteiger partial charge on any atom is 0.292 e. The molecule has 0 saturated heterocycles. The van der Waals surface area contributed by atoms with Gasteiger partial charge in [-0.2, -0.15) is 0 Å². The predicted molar refractivity (Wildman–Crippen MR) is 77.2 cm³/mol. The molecule has 0 aliphatic carbocycles. The maximum absolute atomic E-state index is 11.5. The molecule has 1 aromatic carbocycles. The van der Waals surface area contributed by atoms with Gasteiger partial charge in [-0.3, -0.25) is 19.7 Å². The summed E-state index contributed by atoms with van der Waals surface area (Å²) in [7, 11) is 0. The van der Waals surface area contributed by atoms with E-state index in [2.05, 4.69) is 16.0 Å². The van der Waals surface area contributed by atoms with Gasteiger partial charge < -0.3 is 16.0 Å². The standard InChI is InChI=1S/C13H16N4O4/c1-2-3-14-13(19)7-15-10-6-9-8(5-12(18)16-9)4-11(10)17(20)21/h4,6,15H,2-3,5,7H2,1H3,(H,14,19)(H,16,18). The molecule has 3 N–H and O–H groups in total. The number of nitrogens with one attached hydrogen (secondary N) is 3. The molecule has 112 valence electrons. The normalized spacial score (nSPS) is 12.5. The third kappa shape index (κ3) is 3.47. The second-order valence-electron chi connectivity index (χ2n) is 4.71. The zero-order chi connectivity index (χ0) is 15.4. The second-order valence-corrected chi connectivity index (χ2v) is 4.71. The average Bonchev–Trinajstić information content (AvgIpc) is 2.80. The number of hydrogen-bond acceptors (Lipinski definition) is 5. The van der Waals surface area contributed by atoms with Crippen molar-refractivity contribution in [2.45, 2.75) is 19.8 Å². The van der Waals surface area contributed by atoms with E-state index >= 15 is 0 Å². The van der Waals surface area contributed by atoms with Gasteiger partial charge in [-0.05, 0) is 18.1 Å². The highest BCUT2D eigenvalue weighted by molar-refractivity contribution is 6.00. The van der Waals surface area contributed by atoms with Gasteiger partial charge in [-0.1, -0.05) is 6.92 Å². The second kappa shape index (κ2) is 6.21. The molecule has 0 atom stereocenters. The van der Waals surface area contributed by atoms with Crippen LogP contribution in [-0.2, 0) is 16.0 Å². The van der Waals surface area contributed by atoms with Crippen molar-refractivity contribution in [3.63, 3.8) is 0 Å². The van der Waals surface area contributed by atoms with Crippen molar-refractivity contribution in [2.75, 3.05) is 23.7 Å². The van der Waals surface area contributed by atoms with Crippen molar-refractivity contribution in [2.24, 2.45) is 0 Å². The lowest BCUT2D eigenvalue weighted by Gasteiger charge is -2.09. The Morgan fingerprint density at radius 2 is 2.24 bits per heavy atom. The molecular formula is C13H16N4O4.